The van der Waals surface area contributed by atoms with Crippen LogP contribution in [-0.2, 0) is 12.8 Å². The van der Waals surface area contributed by atoms with Gasteiger partial charge in [-0.25, -0.2) is 0 Å². The smallest absolute Gasteiger partial charge is 0.0165 e. The molecule has 0 spiro atoms. The van der Waals surface area contributed by atoms with E-state index in [9.17, 15) is 0 Å². The molecule has 0 amide bonds. The van der Waals surface area contributed by atoms with E-state index in [0.717, 1.165) is 0 Å². The Kier molecular flexibility index (Phi) is 1.68. The summed E-state index contributed by atoms with van der Waals surface area (Å²) in [6.45, 7) is 0. The van der Waals surface area contributed by atoms with E-state index in [2.05, 4.69) is 40.8 Å². The molecule has 0 nitrogen and oxygen atoms in total. The highest BCUT2D eigenvalue weighted by molar-refractivity contribution is 14.1. The second kappa shape index (κ2) is 2.53. The molecule has 1 aliphatic carbocycles. The number of benzene rings is 1. The van der Waals surface area contributed by atoms with Gasteiger partial charge >= 0.3 is 0 Å². The van der Waals surface area contributed by atoms with Crippen LogP contribution in [0.5, 0.6) is 0 Å². The SMILES string of the molecule is Ic1cccc2c1CCC2. The minimum Gasteiger partial charge on any atom is -0.0609 e. The molecular formula is C9H9I. The molecule has 0 unspecified atom stereocenters. The zero-order valence-corrected chi connectivity index (χ0v) is 7.89. The summed E-state index contributed by atoms with van der Waals surface area (Å²) in [6, 6.07) is 6.61. The van der Waals surface area contributed by atoms with Gasteiger partial charge in [-0.05, 0) is 59.0 Å². The monoisotopic (exact) mass is 244 g/mol. The third kappa shape index (κ3) is 0.965. The van der Waals surface area contributed by atoms with Crippen LogP contribution in [-0.4, -0.2) is 0 Å². The average molecular weight is 244 g/mol. The van der Waals surface area contributed by atoms with Crippen molar-refractivity contribution in [2.75, 3.05) is 0 Å². The Morgan fingerprint density at radius 1 is 1.20 bits per heavy atom. The quantitative estimate of drug-likeness (QED) is 0.615. The average Bonchev–Trinajstić information content (AvgIpc) is 2.36. The molecule has 0 heterocycles. The molecule has 10 heavy (non-hydrogen) atoms. The molecule has 1 heteroatoms. The first-order valence-electron chi connectivity index (χ1n) is 3.64. The lowest BCUT2D eigenvalue weighted by molar-refractivity contribution is 0.910. The van der Waals surface area contributed by atoms with Crippen LogP contribution >= 0.6 is 22.6 Å². The minimum absolute atomic E-state index is 1.30. The predicted octanol–water partition coefficient (Wildman–Crippen LogP) is 2.78. The number of hydrogen-bond donors (Lipinski definition) is 0. The van der Waals surface area contributed by atoms with Gasteiger partial charge in [0.25, 0.3) is 0 Å². The van der Waals surface area contributed by atoms with E-state index in [1.54, 1.807) is 11.1 Å². The third-order valence-electron chi connectivity index (χ3n) is 2.09. The first-order valence-corrected chi connectivity index (χ1v) is 4.72. The summed E-state index contributed by atoms with van der Waals surface area (Å²) in [7, 11) is 0. The lowest BCUT2D eigenvalue weighted by Gasteiger charge is -1.99. The van der Waals surface area contributed by atoms with Crippen LogP contribution in [0.3, 0.4) is 0 Å². The lowest BCUT2D eigenvalue weighted by atomic mass is 10.1. The summed E-state index contributed by atoms with van der Waals surface area (Å²) in [5.41, 5.74) is 3.18. The molecule has 0 saturated heterocycles. The molecule has 0 saturated carbocycles. The summed E-state index contributed by atoms with van der Waals surface area (Å²) in [6.07, 6.45) is 3.95. The summed E-state index contributed by atoms with van der Waals surface area (Å²) in [4.78, 5) is 0. The summed E-state index contributed by atoms with van der Waals surface area (Å²) < 4.78 is 1.45. The minimum atomic E-state index is 1.30. The van der Waals surface area contributed by atoms with Gasteiger partial charge in [-0.2, -0.15) is 0 Å². The standard InChI is InChI=1S/C9H9I/c10-9-6-2-4-7-3-1-5-8(7)9/h2,4,6H,1,3,5H2. The van der Waals surface area contributed by atoms with Crippen molar-refractivity contribution in [2.45, 2.75) is 19.3 Å². The zero-order valence-electron chi connectivity index (χ0n) is 5.73. The Labute approximate surface area is 74.8 Å². The molecule has 1 aromatic rings. The molecule has 0 radical (unpaired) electrons. The van der Waals surface area contributed by atoms with Crippen molar-refractivity contribution in [2.24, 2.45) is 0 Å². The van der Waals surface area contributed by atoms with Crippen molar-refractivity contribution < 1.29 is 0 Å². The Morgan fingerprint density at radius 3 is 2.90 bits per heavy atom. The van der Waals surface area contributed by atoms with E-state index < -0.39 is 0 Å². The van der Waals surface area contributed by atoms with Crippen molar-refractivity contribution in [1.82, 2.24) is 0 Å². The van der Waals surface area contributed by atoms with Gasteiger partial charge in [0.05, 0.1) is 0 Å². The molecule has 0 bridgehead atoms. The second-order valence-electron chi connectivity index (χ2n) is 2.73. The number of aryl methyl sites for hydroxylation is 1. The van der Waals surface area contributed by atoms with Crippen LogP contribution in [0.15, 0.2) is 18.2 Å². The van der Waals surface area contributed by atoms with E-state index in [1.807, 2.05) is 0 Å². The predicted molar refractivity (Wildman–Crippen MR) is 51.2 cm³/mol. The van der Waals surface area contributed by atoms with Crippen LogP contribution in [0, 0.1) is 3.57 Å². The second-order valence-corrected chi connectivity index (χ2v) is 3.89. The maximum absolute atomic E-state index is 2.43. The summed E-state index contributed by atoms with van der Waals surface area (Å²) >= 11 is 2.43. The molecular weight excluding hydrogens is 235 g/mol. The number of halogens is 1. The van der Waals surface area contributed by atoms with Gasteiger partial charge in [-0.15, -0.1) is 0 Å². The van der Waals surface area contributed by atoms with E-state index in [0.29, 0.717) is 0 Å². The number of fused-ring (bicyclic) bond motifs is 1. The fourth-order valence-corrected chi connectivity index (χ4v) is 2.40. The first kappa shape index (κ1) is 6.65. The molecule has 1 aromatic carbocycles. The van der Waals surface area contributed by atoms with Crippen molar-refractivity contribution in [3.63, 3.8) is 0 Å². The fraction of sp³-hybridized carbons (Fsp3) is 0.333. The fourth-order valence-electron chi connectivity index (χ4n) is 1.57. The molecule has 0 N–H and O–H groups in total. The van der Waals surface area contributed by atoms with Crippen LogP contribution in [0.4, 0.5) is 0 Å². The molecule has 0 aromatic heterocycles. The number of rotatable bonds is 0. The van der Waals surface area contributed by atoms with E-state index >= 15 is 0 Å². The van der Waals surface area contributed by atoms with Crippen LogP contribution < -0.4 is 0 Å². The maximum Gasteiger partial charge on any atom is 0.0165 e. The van der Waals surface area contributed by atoms with Crippen LogP contribution in [0.2, 0.25) is 0 Å². The zero-order chi connectivity index (χ0) is 6.97. The van der Waals surface area contributed by atoms with Crippen LogP contribution in [0.1, 0.15) is 17.5 Å². The summed E-state index contributed by atoms with van der Waals surface area (Å²) in [5.74, 6) is 0. The lowest BCUT2D eigenvalue weighted by Crippen LogP contribution is -1.84. The Hall–Kier alpha value is -0.0500. The first-order chi connectivity index (χ1) is 4.88. The third-order valence-corrected chi connectivity index (χ3v) is 3.10. The van der Waals surface area contributed by atoms with Gasteiger partial charge in [0.2, 0.25) is 0 Å². The molecule has 0 aliphatic heterocycles. The van der Waals surface area contributed by atoms with Gasteiger partial charge in [0.15, 0.2) is 0 Å². The highest BCUT2D eigenvalue weighted by Gasteiger charge is 2.11. The van der Waals surface area contributed by atoms with E-state index in [-0.39, 0.29) is 0 Å². The van der Waals surface area contributed by atoms with Gasteiger partial charge in [-0.1, -0.05) is 12.1 Å². The van der Waals surface area contributed by atoms with Crippen molar-refractivity contribution in [1.29, 1.82) is 0 Å². The highest BCUT2D eigenvalue weighted by Crippen LogP contribution is 2.25. The molecule has 0 atom stereocenters. The van der Waals surface area contributed by atoms with Gasteiger partial charge in [-0.3, -0.25) is 0 Å². The number of hydrogen-bond acceptors (Lipinski definition) is 0. The van der Waals surface area contributed by atoms with Crippen molar-refractivity contribution >= 4 is 22.6 Å². The van der Waals surface area contributed by atoms with Gasteiger partial charge < -0.3 is 0 Å². The molecule has 52 valence electrons. The van der Waals surface area contributed by atoms with Crippen molar-refractivity contribution in [3.05, 3.63) is 32.9 Å². The largest absolute Gasteiger partial charge is 0.0609 e. The van der Waals surface area contributed by atoms with E-state index in [1.165, 1.54) is 22.8 Å². The molecule has 0 fully saturated rings. The Bertz CT molecular complexity index is 253. The Balaban J connectivity index is 2.59. The van der Waals surface area contributed by atoms with Crippen LogP contribution in [0.25, 0.3) is 0 Å². The Morgan fingerprint density at radius 2 is 2.10 bits per heavy atom. The maximum atomic E-state index is 2.43. The molecule has 2 rings (SSSR count). The molecule has 1 aliphatic rings. The highest BCUT2D eigenvalue weighted by atomic mass is 127. The van der Waals surface area contributed by atoms with Gasteiger partial charge in [0, 0.05) is 3.57 Å². The summed E-state index contributed by atoms with van der Waals surface area (Å²) in [5, 5.41) is 0. The van der Waals surface area contributed by atoms with Crippen molar-refractivity contribution in [3.8, 4) is 0 Å². The van der Waals surface area contributed by atoms with Gasteiger partial charge in [0.1, 0.15) is 0 Å². The van der Waals surface area contributed by atoms with E-state index in [4.69, 9.17) is 0 Å². The normalized spacial score (nSPS) is 15.3. The topological polar surface area (TPSA) is 0 Å².